The molecule has 3 N–H and O–H groups in total. The summed E-state index contributed by atoms with van der Waals surface area (Å²) >= 11 is 0. The summed E-state index contributed by atoms with van der Waals surface area (Å²) in [6.07, 6.45) is 2.01. The van der Waals surface area contributed by atoms with Gasteiger partial charge in [-0.1, -0.05) is 6.92 Å². The Kier molecular flexibility index (Phi) is 4.91. The van der Waals surface area contributed by atoms with Gasteiger partial charge in [0.05, 0.1) is 19.3 Å². The van der Waals surface area contributed by atoms with Crippen molar-refractivity contribution in [2.24, 2.45) is 11.7 Å². The van der Waals surface area contributed by atoms with Gasteiger partial charge in [-0.25, -0.2) is 9.37 Å². The topological polar surface area (TPSA) is 104 Å². The lowest BCUT2D eigenvalue weighted by atomic mass is 9.90. The van der Waals surface area contributed by atoms with Crippen molar-refractivity contribution in [3.05, 3.63) is 30.0 Å². The molecule has 27 heavy (non-hydrogen) atoms. The Balaban J connectivity index is 1.78. The van der Waals surface area contributed by atoms with Gasteiger partial charge in [-0.05, 0) is 30.5 Å². The summed E-state index contributed by atoms with van der Waals surface area (Å²) in [7, 11) is 1.45. The number of nitrogens with two attached hydrogens (primary N) is 1. The van der Waals surface area contributed by atoms with Crippen molar-refractivity contribution in [2.75, 3.05) is 13.7 Å². The van der Waals surface area contributed by atoms with E-state index in [-0.39, 0.29) is 18.2 Å². The first-order valence-electron chi connectivity index (χ1n) is 8.65. The number of alkyl halides is 1. The van der Waals surface area contributed by atoms with Crippen LogP contribution in [0, 0.1) is 5.92 Å². The number of halogens is 1. The highest BCUT2D eigenvalue weighted by atomic mass is 19.1. The molecule has 1 aliphatic rings. The summed E-state index contributed by atoms with van der Waals surface area (Å²) in [4.78, 5) is 27.5. The molecule has 0 saturated carbocycles. The second-order valence-corrected chi connectivity index (χ2v) is 6.84. The molecule has 3 atom stereocenters. The minimum absolute atomic E-state index is 0.247. The van der Waals surface area contributed by atoms with Crippen molar-refractivity contribution in [1.29, 1.82) is 0 Å². The molecule has 144 valence electrons. The molecule has 1 aliphatic heterocycles. The predicted molar refractivity (Wildman–Crippen MR) is 97.5 cm³/mol. The zero-order valence-corrected chi connectivity index (χ0v) is 15.4. The Morgan fingerprint density at radius 3 is 2.78 bits per heavy atom. The lowest BCUT2D eigenvalue weighted by molar-refractivity contribution is -0.129. The molecule has 1 aromatic heterocycles. The normalized spacial score (nSPS) is 24.7. The van der Waals surface area contributed by atoms with Crippen molar-refractivity contribution < 1.29 is 23.5 Å². The van der Waals surface area contributed by atoms with Gasteiger partial charge in [-0.15, -0.1) is 0 Å². The molecule has 1 fully saturated rings. The highest BCUT2D eigenvalue weighted by Crippen LogP contribution is 2.33. The van der Waals surface area contributed by atoms with Gasteiger partial charge in [0.2, 0.25) is 5.88 Å². The number of carbonyl (C=O) groups is 2. The summed E-state index contributed by atoms with van der Waals surface area (Å²) in [5.41, 5.74) is 3.78. The number of nitrogens with one attached hydrogen (secondary N) is 1. The van der Waals surface area contributed by atoms with Gasteiger partial charge in [-0.3, -0.25) is 9.59 Å². The number of rotatable bonds is 6. The average Bonchev–Trinajstić information content (AvgIpc) is 2.83. The van der Waals surface area contributed by atoms with Crippen molar-refractivity contribution >= 4 is 22.6 Å². The molecule has 0 spiro atoms. The fourth-order valence-corrected chi connectivity index (χ4v) is 3.27. The molecular formula is C19H22FN3O4. The SMILES string of the molecule is COc1cc2c(OCC[C@H]3NC(=O)[C@@](C)(F)[C@H]3C)nccc2cc1C(N)=O. The van der Waals surface area contributed by atoms with Gasteiger partial charge in [0.15, 0.2) is 5.67 Å². The van der Waals surface area contributed by atoms with Crippen LogP contribution in [0.25, 0.3) is 10.8 Å². The van der Waals surface area contributed by atoms with E-state index in [1.54, 1.807) is 31.3 Å². The van der Waals surface area contributed by atoms with Gasteiger partial charge >= 0.3 is 0 Å². The molecule has 2 aromatic rings. The van der Waals surface area contributed by atoms with Gasteiger partial charge < -0.3 is 20.5 Å². The summed E-state index contributed by atoms with van der Waals surface area (Å²) in [5, 5.41) is 4.06. The Morgan fingerprint density at radius 2 is 2.19 bits per heavy atom. The van der Waals surface area contributed by atoms with Crippen LogP contribution in [0.5, 0.6) is 11.6 Å². The van der Waals surface area contributed by atoms with Crippen LogP contribution < -0.4 is 20.5 Å². The van der Waals surface area contributed by atoms with Crippen LogP contribution in [0.15, 0.2) is 24.4 Å². The van der Waals surface area contributed by atoms with Gasteiger partial charge in [0.1, 0.15) is 5.75 Å². The molecule has 1 saturated heterocycles. The van der Waals surface area contributed by atoms with Crippen molar-refractivity contribution in [3.8, 4) is 11.6 Å². The maximum atomic E-state index is 14.3. The Bertz CT molecular complexity index is 900. The number of methoxy groups -OCH3 is 1. The molecule has 1 aromatic carbocycles. The molecule has 3 rings (SSSR count). The average molecular weight is 375 g/mol. The summed E-state index contributed by atoms with van der Waals surface area (Å²) in [5.74, 6) is -0.938. The van der Waals surface area contributed by atoms with E-state index in [0.717, 1.165) is 5.39 Å². The first kappa shape index (κ1) is 18.9. The highest BCUT2D eigenvalue weighted by molar-refractivity contribution is 6.01. The van der Waals surface area contributed by atoms with Crippen LogP contribution in [0.1, 0.15) is 30.6 Å². The Hall–Kier alpha value is -2.90. The standard InChI is InChI=1S/C19H22FN3O4/c1-10-14(23-18(25)19(10,2)20)5-7-27-17-12-9-15(26-3)13(16(21)24)8-11(12)4-6-22-17/h4,6,8-10,14H,5,7H2,1-3H3,(H2,21,24)(H,23,25)/t10-,14+,19-/m0/s1. The van der Waals surface area contributed by atoms with Gasteiger partial charge in [0.25, 0.3) is 11.8 Å². The van der Waals surface area contributed by atoms with E-state index in [2.05, 4.69) is 10.3 Å². The number of ether oxygens (including phenoxy) is 2. The number of aromatic nitrogens is 1. The van der Waals surface area contributed by atoms with Crippen LogP contribution in [0.4, 0.5) is 4.39 Å². The fraction of sp³-hybridized carbons (Fsp3) is 0.421. The molecular weight excluding hydrogens is 353 g/mol. The molecule has 0 bridgehead atoms. The molecule has 2 amide bonds. The predicted octanol–water partition coefficient (Wildman–Crippen LogP) is 1.97. The third-order valence-corrected chi connectivity index (χ3v) is 5.20. The molecule has 7 nitrogen and oxygen atoms in total. The van der Waals surface area contributed by atoms with E-state index >= 15 is 0 Å². The fourth-order valence-electron chi connectivity index (χ4n) is 3.27. The van der Waals surface area contributed by atoms with Crippen LogP contribution in [-0.2, 0) is 4.79 Å². The summed E-state index contributed by atoms with van der Waals surface area (Å²) in [6, 6.07) is 4.70. The lowest BCUT2D eigenvalue weighted by Crippen LogP contribution is -2.33. The Morgan fingerprint density at radius 1 is 1.44 bits per heavy atom. The van der Waals surface area contributed by atoms with Crippen LogP contribution in [-0.4, -0.2) is 42.2 Å². The second-order valence-electron chi connectivity index (χ2n) is 6.84. The number of hydrogen-bond donors (Lipinski definition) is 2. The van der Waals surface area contributed by atoms with Crippen LogP contribution >= 0.6 is 0 Å². The molecule has 8 heteroatoms. The lowest BCUT2D eigenvalue weighted by Gasteiger charge is -2.20. The maximum Gasteiger partial charge on any atom is 0.257 e. The number of nitrogens with zero attached hydrogens (tertiary/aromatic N) is 1. The number of pyridine rings is 1. The van der Waals surface area contributed by atoms with Gasteiger partial charge in [0, 0.05) is 30.0 Å². The van der Waals surface area contributed by atoms with Gasteiger partial charge in [-0.2, -0.15) is 0 Å². The minimum atomic E-state index is -1.87. The second kappa shape index (κ2) is 7.02. The van der Waals surface area contributed by atoms with E-state index in [0.29, 0.717) is 23.4 Å². The number of carbonyl (C=O) groups excluding carboxylic acids is 2. The Labute approximate surface area is 156 Å². The van der Waals surface area contributed by atoms with Crippen molar-refractivity contribution in [2.45, 2.75) is 32.0 Å². The van der Waals surface area contributed by atoms with E-state index < -0.39 is 23.4 Å². The minimum Gasteiger partial charge on any atom is -0.496 e. The van der Waals surface area contributed by atoms with Crippen LogP contribution in [0.2, 0.25) is 0 Å². The number of benzene rings is 1. The quantitative estimate of drug-likeness (QED) is 0.803. The first-order valence-corrected chi connectivity index (χ1v) is 8.65. The largest absolute Gasteiger partial charge is 0.496 e. The number of primary amides is 1. The van der Waals surface area contributed by atoms with E-state index in [1.807, 2.05) is 0 Å². The summed E-state index contributed by atoms with van der Waals surface area (Å²) in [6.45, 7) is 3.25. The number of amides is 2. The van der Waals surface area contributed by atoms with E-state index in [9.17, 15) is 14.0 Å². The van der Waals surface area contributed by atoms with E-state index in [1.165, 1.54) is 14.0 Å². The zero-order valence-electron chi connectivity index (χ0n) is 15.4. The zero-order chi connectivity index (χ0) is 19.8. The van der Waals surface area contributed by atoms with E-state index in [4.69, 9.17) is 15.2 Å². The monoisotopic (exact) mass is 375 g/mol. The number of hydrogen-bond acceptors (Lipinski definition) is 5. The van der Waals surface area contributed by atoms with Crippen LogP contribution in [0.3, 0.4) is 0 Å². The molecule has 2 heterocycles. The smallest absolute Gasteiger partial charge is 0.257 e. The highest BCUT2D eigenvalue weighted by Gasteiger charge is 2.49. The molecule has 0 radical (unpaired) electrons. The van der Waals surface area contributed by atoms with Crippen molar-refractivity contribution in [1.82, 2.24) is 10.3 Å². The molecule has 0 unspecified atom stereocenters. The van der Waals surface area contributed by atoms with Crippen molar-refractivity contribution in [3.63, 3.8) is 0 Å². The third kappa shape index (κ3) is 3.39. The summed E-state index contributed by atoms with van der Waals surface area (Å²) < 4.78 is 25.3. The maximum absolute atomic E-state index is 14.3. The third-order valence-electron chi connectivity index (χ3n) is 5.20. The number of fused-ring (bicyclic) bond motifs is 1. The first-order chi connectivity index (χ1) is 12.8. The molecule has 0 aliphatic carbocycles.